The summed E-state index contributed by atoms with van der Waals surface area (Å²) >= 11 is 0. The zero-order valence-electron chi connectivity index (χ0n) is 15.4. The van der Waals surface area contributed by atoms with Gasteiger partial charge in [0.15, 0.2) is 0 Å². The molecule has 0 unspecified atom stereocenters. The van der Waals surface area contributed by atoms with Gasteiger partial charge in [-0.25, -0.2) is 9.97 Å². The first kappa shape index (κ1) is 16.6. The second-order valence-electron chi connectivity index (χ2n) is 6.99. The largest absolute Gasteiger partial charge is 0.329 e. The van der Waals surface area contributed by atoms with E-state index in [9.17, 15) is 4.79 Å². The van der Waals surface area contributed by atoms with Crippen LogP contribution in [0, 0.1) is 6.92 Å². The summed E-state index contributed by atoms with van der Waals surface area (Å²) in [6, 6.07) is 9.85. The Morgan fingerprint density at radius 1 is 1.07 bits per heavy atom. The van der Waals surface area contributed by atoms with Gasteiger partial charge in [-0.05, 0) is 47.7 Å². The number of fused-ring (bicyclic) bond motifs is 2. The number of aromatic amines is 1. The Balaban J connectivity index is 1.68. The lowest BCUT2D eigenvalue weighted by Gasteiger charge is -2.14. The standard InChI is InChI=1S/C23H18N4O/c1-14-7-8-16-15(9-11-25-23(16)28)19(14)12-21-18(5-3-10-24-21)22-17-4-2-6-20(17)26-13-27-22/h2-5,7-11,13H,6,12H2,1H3,(H,25,28). The summed E-state index contributed by atoms with van der Waals surface area (Å²) in [6.45, 7) is 2.07. The molecule has 28 heavy (non-hydrogen) atoms. The van der Waals surface area contributed by atoms with Crippen molar-refractivity contribution in [1.29, 1.82) is 0 Å². The fraction of sp³-hybridized carbons (Fsp3) is 0.130. The minimum atomic E-state index is -0.0706. The number of pyridine rings is 2. The van der Waals surface area contributed by atoms with Crippen molar-refractivity contribution in [2.24, 2.45) is 0 Å². The molecule has 1 N–H and O–H groups in total. The fourth-order valence-electron chi connectivity index (χ4n) is 3.91. The third kappa shape index (κ3) is 2.63. The molecular formula is C23H18N4O. The van der Waals surface area contributed by atoms with Crippen LogP contribution in [0.2, 0.25) is 0 Å². The minimum absolute atomic E-state index is 0.0706. The lowest BCUT2D eigenvalue weighted by molar-refractivity contribution is 1.04. The van der Waals surface area contributed by atoms with Crippen LogP contribution in [-0.4, -0.2) is 19.9 Å². The Kier molecular flexibility index (Phi) is 3.86. The molecule has 0 atom stereocenters. The number of nitrogens with one attached hydrogen (secondary N) is 1. The van der Waals surface area contributed by atoms with Crippen molar-refractivity contribution in [2.75, 3.05) is 0 Å². The van der Waals surface area contributed by atoms with Crippen LogP contribution in [0.5, 0.6) is 0 Å². The van der Waals surface area contributed by atoms with Gasteiger partial charge < -0.3 is 4.98 Å². The van der Waals surface area contributed by atoms with E-state index in [-0.39, 0.29) is 5.56 Å². The number of hydrogen-bond acceptors (Lipinski definition) is 4. The van der Waals surface area contributed by atoms with Crippen molar-refractivity contribution < 1.29 is 0 Å². The van der Waals surface area contributed by atoms with E-state index in [0.29, 0.717) is 11.8 Å². The lowest BCUT2D eigenvalue weighted by Crippen LogP contribution is -2.07. The number of allylic oxidation sites excluding steroid dienone is 1. The predicted octanol–water partition coefficient (Wildman–Crippen LogP) is 3.85. The molecule has 5 heteroatoms. The number of aryl methyl sites for hydroxylation is 1. The van der Waals surface area contributed by atoms with Gasteiger partial charge in [0.25, 0.3) is 5.56 Å². The van der Waals surface area contributed by atoms with Crippen molar-refractivity contribution in [3.8, 4) is 11.3 Å². The molecule has 3 aromatic heterocycles. The monoisotopic (exact) mass is 366 g/mol. The first-order valence-corrected chi connectivity index (χ1v) is 9.27. The zero-order chi connectivity index (χ0) is 19.1. The molecule has 0 bridgehead atoms. The smallest absolute Gasteiger partial charge is 0.255 e. The average Bonchev–Trinajstić information content (AvgIpc) is 3.20. The maximum absolute atomic E-state index is 12.2. The van der Waals surface area contributed by atoms with Gasteiger partial charge in [-0.3, -0.25) is 9.78 Å². The third-order valence-electron chi connectivity index (χ3n) is 5.35. The van der Waals surface area contributed by atoms with Crippen LogP contribution in [0.1, 0.15) is 28.1 Å². The highest BCUT2D eigenvalue weighted by Crippen LogP contribution is 2.31. The van der Waals surface area contributed by atoms with E-state index in [4.69, 9.17) is 0 Å². The highest BCUT2D eigenvalue weighted by molar-refractivity contribution is 5.86. The van der Waals surface area contributed by atoms with Crippen molar-refractivity contribution in [2.45, 2.75) is 19.8 Å². The van der Waals surface area contributed by atoms with Gasteiger partial charge >= 0.3 is 0 Å². The van der Waals surface area contributed by atoms with Gasteiger partial charge in [-0.15, -0.1) is 0 Å². The fourth-order valence-corrected chi connectivity index (χ4v) is 3.91. The van der Waals surface area contributed by atoms with Crippen molar-refractivity contribution in [3.63, 3.8) is 0 Å². The van der Waals surface area contributed by atoms with Crippen LogP contribution in [-0.2, 0) is 12.8 Å². The molecule has 5 nitrogen and oxygen atoms in total. The molecule has 3 heterocycles. The number of benzene rings is 1. The minimum Gasteiger partial charge on any atom is -0.329 e. The first-order valence-electron chi connectivity index (χ1n) is 9.27. The van der Waals surface area contributed by atoms with Gasteiger partial charge in [0.05, 0.1) is 17.1 Å². The van der Waals surface area contributed by atoms with E-state index < -0.39 is 0 Å². The normalized spacial score (nSPS) is 12.5. The second kappa shape index (κ2) is 6.53. The molecule has 0 radical (unpaired) electrons. The summed E-state index contributed by atoms with van der Waals surface area (Å²) in [5, 5.41) is 1.67. The lowest BCUT2D eigenvalue weighted by atomic mass is 9.94. The Morgan fingerprint density at radius 3 is 2.93 bits per heavy atom. The van der Waals surface area contributed by atoms with Crippen LogP contribution >= 0.6 is 0 Å². The van der Waals surface area contributed by atoms with Crippen LogP contribution in [0.25, 0.3) is 28.1 Å². The molecule has 136 valence electrons. The molecule has 0 saturated heterocycles. The highest BCUT2D eigenvalue weighted by Gasteiger charge is 2.18. The molecule has 4 aromatic rings. The zero-order valence-corrected chi connectivity index (χ0v) is 15.4. The summed E-state index contributed by atoms with van der Waals surface area (Å²) in [5.41, 5.74) is 7.17. The van der Waals surface area contributed by atoms with E-state index in [0.717, 1.165) is 51.1 Å². The van der Waals surface area contributed by atoms with Gasteiger partial charge in [-0.1, -0.05) is 18.2 Å². The Labute approximate surface area is 161 Å². The van der Waals surface area contributed by atoms with Gasteiger partial charge in [-0.2, -0.15) is 0 Å². The van der Waals surface area contributed by atoms with E-state index in [2.05, 4.69) is 45.1 Å². The van der Waals surface area contributed by atoms with Crippen LogP contribution in [0.4, 0.5) is 0 Å². The Bertz CT molecular complexity index is 1300. The molecule has 0 aliphatic heterocycles. The number of rotatable bonds is 3. The number of aromatic nitrogens is 4. The Morgan fingerprint density at radius 2 is 2.00 bits per heavy atom. The van der Waals surface area contributed by atoms with Crippen molar-refractivity contribution in [1.82, 2.24) is 19.9 Å². The SMILES string of the molecule is Cc1ccc2c(=O)[nH]ccc2c1Cc1ncccc1-c1ncnc2c1C=CC2. The van der Waals surface area contributed by atoms with Crippen LogP contribution < -0.4 is 5.56 Å². The van der Waals surface area contributed by atoms with Crippen molar-refractivity contribution >= 4 is 16.8 Å². The number of nitrogens with zero attached hydrogens (tertiary/aromatic N) is 3. The summed E-state index contributed by atoms with van der Waals surface area (Å²) in [5.74, 6) is 0. The van der Waals surface area contributed by atoms with E-state index >= 15 is 0 Å². The van der Waals surface area contributed by atoms with Gasteiger partial charge in [0.2, 0.25) is 0 Å². The van der Waals surface area contributed by atoms with Gasteiger partial charge in [0, 0.05) is 41.7 Å². The molecule has 1 aliphatic rings. The maximum Gasteiger partial charge on any atom is 0.255 e. The molecule has 1 aliphatic carbocycles. The molecular weight excluding hydrogens is 348 g/mol. The van der Waals surface area contributed by atoms with E-state index in [1.165, 1.54) is 0 Å². The van der Waals surface area contributed by atoms with Gasteiger partial charge in [0.1, 0.15) is 6.33 Å². The quantitative estimate of drug-likeness (QED) is 0.598. The molecule has 5 rings (SSSR count). The maximum atomic E-state index is 12.2. The summed E-state index contributed by atoms with van der Waals surface area (Å²) in [7, 11) is 0. The Hall–Kier alpha value is -3.60. The molecule has 0 saturated carbocycles. The average molecular weight is 366 g/mol. The number of hydrogen-bond donors (Lipinski definition) is 1. The van der Waals surface area contributed by atoms with Crippen molar-refractivity contribution in [3.05, 3.63) is 93.6 Å². The highest BCUT2D eigenvalue weighted by atomic mass is 16.1. The summed E-state index contributed by atoms with van der Waals surface area (Å²) in [6.07, 6.45) is 10.8. The predicted molar refractivity (Wildman–Crippen MR) is 110 cm³/mol. The molecule has 0 fully saturated rings. The summed E-state index contributed by atoms with van der Waals surface area (Å²) in [4.78, 5) is 28.6. The summed E-state index contributed by atoms with van der Waals surface area (Å²) < 4.78 is 0. The second-order valence-corrected chi connectivity index (χ2v) is 6.99. The van der Waals surface area contributed by atoms with E-state index in [1.807, 2.05) is 30.5 Å². The number of H-pyrrole nitrogens is 1. The molecule has 0 amide bonds. The van der Waals surface area contributed by atoms with Crippen LogP contribution in [0.3, 0.4) is 0 Å². The topological polar surface area (TPSA) is 71.5 Å². The van der Waals surface area contributed by atoms with E-state index in [1.54, 1.807) is 12.5 Å². The first-order chi connectivity index (χ1) is 13.7. The molecule has 1 aromatic carbocycles. The van der Waals surface area contributed by atoms with Crippen LogP contribution in [0.15, 0.2) is 59.9 Å². The third-order valence-corrected chi connectivity index (χ3v) is 5.35. The molecule has 0 spiro atoms.